The van der Waals surface area contributed by atoms with E-state index in [0.717, 1.165) is 35.8 Å². The molecule has 4 heteroatoms. The van der Waals surface area contributed by atoms with Gasteiger partial charge >= 0.3 is 0 Å². The van der Waals surface area contributed by atoms with Crippen LogP contribution in [-0.2, 0) is 26.3 Å². The Bertz CT molecular complexity index is 565. The average molecular weight is 339 g/mol. The van der Waals surface area contributed by atoms with Gasteiger partial charge in [-0.25, -0.2) is 4.39 Å². The highest BCUT2D eigenvalue weighted by Crippen LogP contribution is 2.18. The number of halogens is 2. The van der Waals surface area contributed by atoms with E-state index in [1.165, 1.54) is 11.8 Å². The number of hydrogen-bond acceptors (Lipinski definition) is 1. The number of aryl methyl sites for hydroxylation is 2. The third kappa shape index (κ3) is 3.92. The molecule has 0 saturated heterocycles. The number of benzene rings is 1. The van der Waals surface area contributed by atoms with Crippen LogP contribution in [0.2, 0.25) is 0 Å². The molecule has 1 unspecified atom stereocenters. The maximum Gasteiger partial charge on any atom is 0.123 e. The number of rotatable bonds is 6. The number of hydrogen-bond donors (Lipinski definition) is 0. The van der Waals surface area contributed by atoms with E-state index in [0.29, 0.717) is 5.92 Å². The zero-order valence-electron chi connectivity index (χ0n) is 11.9. The van der Waals surface area contributed by atoms with Crippen molar-refractivity contribution in [3.05, 3.63) is 53.1 Å². The predicted molar refractivity (Wildman–Crippen MR) is 83.7 cm³/mol. The van der Waals surface area contributed by atoms with E-state index in [1.54, 1.807) is 12.1 Å². The molecular weight excluding hydrogens is 319 g/mol. The Hall–Kier alpha value is -1.16. The summed E-state index contributed by atoms with van der Waals surface area (Å²) >= 11 is 3.57. The third-order valence-electron chi connectivity index (χ3n) is 3.52. The highest BCUT2D eigenvalue weighted by molar-refractivity contribution is 9.09. The molecule has 2 nitrogen and oxygen atoms in total. The van der Waals surface area contributed by atoms with E-state index in [2.05, 4.69) is 34.0 Å². The molecule has 1 heterocycles. The van der Waals surface area contributed by atoms with Crippen LogP contribution < -0.4 is 0 Å². The fourth-order valence-electron chi connectivity index (χ4n) is 2.41. The van der Waals surface area contributed by atoms with Crippen LogP contribution in [0.4, 0.5) is 4.39 Å². The van der Waals surface area contributed by atoms with Crippen LogP contribution in [0.15, 0.2) is 30.3 Å². The van der Waals surface area contributed by atoms with Crippen molar-refractivity contribution in [3.8, 4) is 0 Å². The number of aromatic nitrogens is 2. The molecule has 1 aromatic carbocycles. The van der Waals surface area contributed by atoms with Crippen LogP contribution in [0.25, 0.3) is 0 Å². The second-order valence-electron chi connectivity index (χ2n) is 5.16. The first-order valence-corrected chi connectivity index (χ1v) is 8.06. The molecular formula is C16H20BrFN2. The van der Waals surface area contributed by atoms with Crippen molar-refractivity contribution < 1.29 is 4.39 Å². The molecule has 0 radical (unpaired) electrons. The number of nitrogens with zero attached hydrogens (tertiary/aromatic N) is 2. The van der Waals surface area contributed by atoms with Gasteiger partial charge in [-0.15, -0.1) is 0 Å². The van der Waals surface area contributed by atoms with E-state index in [9.17, 15) is 4.39 Å². The topological polar surface area (TPSA) is 17.8 Å². The molecule has 2 aromatic rings. The minimum atomic E-state index is -0.162. The quantitative estimate of drug-likeness (QED) is 0.730. The Morgan fingerprint density at radius 3 is 2.70 bits per heavy atom. The van der Waals surface area contributed by atoms with Gasteiger partial charge in [0.25, 0.3) is 0 Å². The molecule has 20 heavy (non-hydrogen) atoms. The molecule has 0 N–H and O–H groups in total. The van der Waals surface area contributed by atoms with Gasteiger partial charge in [0.05, 0.1) is 5.69 Å². The zero-order valence-corrected chi connectivity index (χ0v) is 13.5. The molecule has 0 amide bonds. The van der Waals surface area contributed by atoms with Crippen molar-refractivity contribution in [1.29, 1.82) is 0 Å². The highest BCUT2D eigenvalue weighted by atomic mass is 79.9. The minimum Gasteiger partial charge on any atom is -0.272 e. The maximum atomic E-state index is 13.2. The summed E-state index contributed by atoms with van der Waals surface area (Å²) in [5.74, 6) is 0.279. The van der Waals surface area contributed by atoms with Crippen LogP contribution in [0.3, 0.4) is 0 Å². The zero-order chi connectivity index (χ0) is 14.5. The van der Waals surface area contributed by atoms with Gasteiger partial charge in [0.2, 0.25) is 0 Å². The molecule has 1 aromatic heterocycles. The van der Waals surface area contributed by atoms with E-state index in [-0.39, 0.29) is 5.82 Å². The fraction of sp³-hybridized carbons (Fsp3) is 0.438. The van der Waals surface area contributed by atoms with Crippen LogP contribution in [-0.4, -0.2) is 15.1 Å². The van der Waals surface area contributed by atoms with Crippen LogP contribution in [0.1, 0.15) is 23.9 Å². The van der Waals surface area contributed by atoms with Crippen molar-refractivity contribution in [1.82, 2.24) is 9.78 Å². The largest absolute Gasteiger partial charge is 0.272 e. The second kappa shape index (κ2) is 7.02. The molecule has 0 bridgehead atoms. The molecule has 0 aliphatic carbocycles. The smallest absolute Gasteiger partial charge is 0.123 e. The van der Waals surface area contributed by atoms with Gasteiger partial charge in [-0.05, 0) is 48.9 Å². The Balaban J connectivity index is 2.06. The van der Waals surface area contributed by atoms with Gasteiger partial charge in [0.15, 0.2) is 0 Å². The summed E-state index contributed by atoms with van der Waals surface area (Å²) in [6, 6.07) is 9.04. The van der Waals surface area contributed by atoms with E-state index in [1.807, 2.05) is 17.8 Å². The van der Waals surface area contributed by atoms with E-state index in [4.69, 9.17) is 0 Å². The third-order valence-corrected chi connectivity index (χ3v) is 4.43. The monoisotopic (exact) mass is 338 g/mol. The van der Waals surface area contributed by atoms with Crippen LogP contribution >= 0.6 is 15.9 Å². The molecule has 0 aliphatic rings. The first kappa shape index (κ1) is 15.2. The van der Waals surface area contributed by atoms with Crippen LogP contribution in [0.5, 0.6) is 0 Å². The summed E-state index contributed by atoms with van der Waals surface area (Å²) in [6.45, 7) is 2.11. The lowest BCUT2D eigenvalue weighted by Crippen LogP contribution is -2.12. The molecule has 0 saturated carbocycles. The lowest BCUT2D eigenvalue weighted by molar-refractivity contribution is 0.553. The van der Waals surface area contributed by atoms with Gasteiger partial charge in [0, 0.05) is 18.1 Å². The molecule has 2 rings (SSSR count). The Morgan fingerprint density at radius 1 is 1.30 bits per heavy atom. The summed E-state index contributed by atoms with van der Waals surface area (Å²) in [5.41, 5.74) is 3.41. The van der Waals surface area contributed by atoms with Crippen molar-refractivity contribution >= 4 is 15.9 Å². The van der Waals surface area contributed by atoms with Gasteiger partial charge in [0.1, 0.15) is 5.82 Å². The standard InChI is InChI=1S/C16H20BrFN2/c1-3-15-10-16(20(2)19-15)9-13(11-17)7-12-5-4-6-14(18)8-12/h4-6,8,10,13H,3,7,9,11H2,1-2H3. The van der Waals surface area contributed by atoms with Crippen LogP contribution in [0, 0.1) is 11.7 Å². The summed E-state index contributed by atoms with van der Waals surface area (Å²) in [6.07, 6.45) is 2.78. The second-order valence-corrected chi connectivity index (χ2v) is 5.81. The minimum absolute atomic E-state index is 0.162. The Morgan fingerprint density at radius 2 is 2.10 bits per heavy atom. The van der Waals surface area contributed by atoms with Gasteiger partial charge < -0.3 is 0 Å². The van der Waals surface area contributed by atoms with Gasteiger partial charge in [-0.3, -0.25) is 4.68 Å². The first-order valence-electron chi connectivity index (χ1n) is 6.94. The summed E-state index contributed by atoms with van der Waals surface area (Å²) < 4.78 is 15.2. The Kier molecular flexibility index (Phi) is 5.35. The Labute approximate surface area is 128 Å². The average Bonchev–Trinajstić information content (AvgIpc) is 2.78. The van der Waals surface area contributed by atoms with E-state index >= 15 is 0 Å². The van der Waals surface area contributed by atoms with Gasteiger partial charge in [-0.2, -0.15) is 5.10 Å². The predicted octanol–water partition coefficient (Wildman–Crippen LogP) is 3.92. The highest BCUT2D eigenvalue weighted by Gasteiger charge is 2.13. The molecule has 0 spiro atoms. The van der Waals surface area contributed by atoms with Crippen molar-refractivity contribution in [2.75, 3.05) is 5.33 Å². The lowest BCUT2D eigenvalue weighted by Gasteiger charge is -2.14. The molecule has 1 atom stereocenters. The van der Waals surface area contributed by atoms with Gasteiger partial charge in [-0.1, -0.05) is 35.0 Å². The van der Waals surface area contributed by atoms with Crippen molar-refractivity contribution in [3.63, 3.8) is 0 Å². The molecule has 0 fully saturated rings. The summed E-state index contributed by atoms with van der Waals surface area (Å²) in [5, 5.41) is 5.38. The molecule has 108 valence electrons. The summed E-state index contributed by atoms with van der Waals surface area (Å²) in [4.78, 5) is 0. The van der Waals surface area contributed by atoms with Crippen molar-refractivity contribution in [2.24, 2.45) is 13.0 Å². The fourth-order valence-corrected chi connectivity index (χ4v) is 2.87. The lowest BCUT2D eigenvalue weighted by atomic mass is 9.96. The molecule has 0 aliphatic heterocycles. The van der Waals surface area contributed by atoms with Crippen molar-refractivity contribution in [2.45, 2.75) is 26.2 Å². The normalized spacial score (nSPS) is 12.6. The maximum absolute atomic E-state index is 13.2. The number of alkyl halides is 1. The SMILES string of the molecule is CCc1cc(CC(CBr)Cc2cccc(F)c2)n(C)n1. The van der Waals surface area contributed by atoms with E-state index < -0.39 is 0 Å². The summed E-state index contributed by atoms with van der Waals surface area (Å²) in [7, 11) is 1.99. The first-order chi connectivity index (χ1) is 9.62.